The molecule has 3 heterocycles. The van der Waals surface area contributed by atoms with E-state index in [0.717, 1.165) is 58.5 Å². The second kappa shape index (κ2) is 7.70. The molecule has 0 aromatic carbocycles. The lowest BCUT2D eigenvalue weighted by Crippen LogP contribution is -2.49. The Labute approximate surface area is 132 Å². The lowest BCUT2D eigenvalue weighted by molar-refractivity contribution is -0.129. The van der Waals surface area contributed by atoms with E-state index >= 15 is 0 Å². The van der Waals surface area contributed by atoms with Gasteiger partial charge in [-0.3, -0.25) is 14.7 Å². The topological polar surface area (TPSA) is 54.5 Å². The van der Waals surface area contributed by atoms with Crippen LogP contribution in [-0.4, -0.2) is 48.1 Å². The van der Waals surface area contributed by atoms with Crippen molar-refractivity contribution in [3.05, 3.63) is 30.1 Å². The lowest BCUT2D eigenvalue weighted by Gasteiger charge is -2.34. The van der Waals surface area contributed by atoms with Crippen molar-refractivity contribution in [2.45, 2.75) is 38.3 Å². The van der Waals surface area contributed by atoms with E-state index in [1.807, 2.05) is 12.3 Å². The Hall–Kier alpha value is -1.46. The van der Waals surface area contributed by atoms with Gasteiger partial charge in [0.15, 0.2) is 0 Å². The zero-order valence-electron chi connectivity index (χ0n) is 13.0. The van der Waals surface area contributed by atoms with Gasteiger partial charge in [-0.15, -0.1) is 0 Å². The van der Waals surface area contributed by atoms with Gasteiger partial charge in [0.1, 0.15) is 0 Å². The van der Waals surface area contributed by atoms with Gasteiger partial charge in [0.2, 0.25) is 5.91 Å². The minimum Gasteiger partial charge on any atom is -0.381 e. The molecule has 2 saturated heterocycles. The number of pyridine rings is 1. The third-order valence-corrected chi connectivity index (χ3v) is 4.57. The third-order valence-electron chi connectivity index (χ3n) is 4.57. The van der Waals surface area contributed by atoms with Crippen LogP contribution >= 0.6 is 0 Å². The number of nitrogens with zero attached hydrogens (tertiary/aromatic N) is 2. The SMILES string of the molecule is O=C(N[C@@H]1CCCN(Cc2cccnc2)C1)C1CCOCC1. The van der Waals surface area contributed by atoms with Gasteiger partial charge in [-0.1, -0.05) is 6.07 Å². The normalized spacial score (nSPS) is 24.1. The number of hydrogen-bond donors (Lipinski definition) is 1. The van der Waals surface area contributed by atoms with Crippen molar-refractivity contribution in [1.82, 2.24) is 15.2 Å². The van der Waals surface area contributed by atoms with Gasteiger partial charge >= 0.3 is 0 Å². The van der Waals surface area contributed by atoms with Crippen LogP contribution in [0.25, 0.3) is 0 Å². The highest BCUT2D eigenvalue weighted by Gasteiger charge is 2.26. The molecule has 22 heavy (non-hydrogen) atoms. The number of ether oxygens (including phenoxy) is 1. The molecule has 3 rings (SSSR count). The molecule has 0 radical (unpaired) electrons. The van der Waals surface area contributed by atoms with Crippen LogP contribution < -0.4 is 5.32 Å². The maximum Gasteiger partial charge on any atom is 0.223 e. The number of nitrogens with one attached hydrogen (secondary N) is 1. The number of carbonyl (C=O) groups excluding carboxylic acids is 1. The summed E-state index contributed by atoms with van der Waals surface area (Å²) in [6, 6.07) is 4.36. The molecule has 2 aliphatic rings. The number of piperidine rings is 1. The van der Waals surface area contributed by atoms with Crippen LogP contribution in [0.15, 0.2) is 24.5 Å². The Kier molecular flexibility index (Phi) is 5.40. The number of hydrogen-bond acceptors (Lipinski definition) is 4. The van der Waals surface area contributed by atoms with Crippen molar-refractivity contribution in [2.75, 3.05) is 26.3 Å². The van der Waals surface area contributed by atoms with Gasteiger partial charge in [0, 0.05) is 50.7 Å². The van der Waals surface area contributed by atoms with E-state index in [1.54, 1.807) is 6.20 Å². The third kappa shape index (κ3) is 4.27. The Morgan fingerprint density at radius 2 is 2.23 bits per heavy atom. The predicted molar refractivity (Wildman–Crippen MR) is 84.2 cm³/mol. The summed E-state index contributed by atoms with van der Waals surface area (Å²) in [5, 5.41) is 3.25. The number of carbonyl (C=O) groups is 1. The maximum atomic E-state index is 12.3. The van der Waals surface area contributed by atoms with E-state index in [4.69, 9.17) is 4.74 Å². The summed E-state index contributed by atoms with van der Waals surface area (Å²) in [6.07, 6.45) is 7.66. The van der Waals surface area contributed by atoms with E-state index in [-0.39, 0.29) is 17.9 Å². The predicted octanol–water partition coefficient (Wildman–Crippen LogP) is 1.59. The Morgan fingerprint density at radius 1 is 1.36 bits per heavy atom. The van der Waals surface area contributed by atoms with E-state index in [1.165, 1.54) is 5.56 Å². The van der Waals surface area contributed by atoms with Crippen LogP contribution in [0.5, 0.6) is 0 Å². The molecule has 5 nitrogen and oxygen atoms in total. The molecule has 0 aliphatic carbocycles. The maximum absolute atomic E-state index is 12.3. The Balaban J connectivity index is 1.48. The van der Waals surface area contributed by atoms with E-state index in [9.17, 15) is 4.79 Å². The number of amides is 1. The summed E-state index contributed by atoms with van der Waals surface area (Å²) < 4.78 is 5.33. The molecule has 5 heteroatoms. The standard InChI is InChI=1S/C17H25N3O2/c21-17(15-5-9-22-10-6-15)19-16-4-2-8-20(13-16)12-14-3-1-7-18-11-14/h1,3,7,11,15-16H,2,4-6,8-10,12-13H2,(H,19,21)/t16-/m1/s1. The van der Waals surface area contributed by atoms with Gasteiger partial charge < -0.3 is 10.1 Å². The Bertz CT molecular complexity index is 474. The molecule has 0 bridgehead atoms. The summed E-state index contributed by atoms with van der Waals surface area (Å²) in [7, 11) is 0. The second-order valence-electron chi connectivity index (χ2n) is 6.33. The lowest BCUT2D eigenvalue weighted by atomic mass is 9.97. The van der Waals surface area contributed by atoms with Crippen molar-refractivity contribution >= 4 is 5.91 Å². The molecule has 120 valence electrons. The molecule has 2 aliphatic heterocycles. The number of aromatic nitrogens is 1. The fourth-order valence-corrected chi connectivity index (χ4v) is 3.35. The fourth-order valence-electron chi connectivity index (χ4n) is 3.35. The molecule has 1 N–H and O–H groups in total. The first-order chi connectivity index (χ1) is 10.8. The molecule has 1 atom stereocenters. The molecule has 1 aromatic heterocycles. The summed E-state index contributed by atoms with van der Waals surface area (Å²) in [6.45, 7) is 4.38. The first-order valence-electron chi connectivity index (χ1n) is 8.30. The highest BCUT2D eigenvalue weighted by atomic mass is 16.5. The van der Waals surface area contributed by atoms with Crippen molar-refractivity contribution in [3.8, 4) is 0 Å². The largest absolute Gasteiger partial charge is 0.381 e. The van der Waals surface area contributed by atoms with Crippen molar-refractivity contribution in [2.24, 2.45) is 5.92 Å². The highest BCUT2D eigenvalue weighted by molar-refractivity contribution is 5.79. The summed E-state index contributed by atoms with van der Waals surface area (Å²) in [5.41, 5.74) is 1.24. The van der Waals surface area contributed by atoms with E-state index in [0.29, 0.717) is 0 Å². The second-order valence-corrected chi connectivity index (χ2v) is 6.33. The quantitative estimate of drug-likeness (QED) is 0.918. The summed E-state index contributed by atoms with van der Waals surface area (Å²) in [4.78, 5) is 18.9. The fraction of sp³-hybridized carbons (Fsp3) is 0.647. The molecule has 0 unspecified atom stereocenters. The number of rotatable bonds is 4. The summed E-state index contributed by atoms with van der Waals surface area (Å²) in [5.74, 6) is 0.360. The Morgan fingerprint density at radius 3 is 3.00 bits per heavy atom. The van der Waals surface area contributed by atoms with Crippen LogP contribution in [0.1, 0.15) is 31.2 Å². The average Bonchev–Trinajstić information content (AvgIpc) is 2.57. The van der Waals surface area contributed by atoms with Crippen molar-refractivity contribution in [1.29, 1.82) is 0 Å². The van der Waals surface area contributed by atoms with Crippen LogP contribution in [-0.2, 0) is 16.1 Å². The highest BCUT2D eigenvalue weighted by Crippen LogP contribution is 2.17. The van der Waals surface area contributed by atoms with Gasteiger partial charge in [0.05, 0.1) is 0 Å². The summed E-state index contributed by atoms with van der Waals surface area (Å²) >= 11 is 0. The molecule has 2 fully saturated rings. The van der Waals surface area contributed by atoms with Crippen LogP contribution in [0.4, 0.5) is 0 Å². The van der Waals surface area contributed by atoms with Gasteiger partial charge in [-0.2, -0.15) is 0 Å². The first-order valence-corrected chi connectivity index (χ1v) is 8.30. The van der Waals surface area contributed by atoms with E-state index in [2.05, 4.69) is 21.3 Å². The average molecular weight is 303 g/mol. The van der Waals surface area contributed by atoms with Crippen LogP contribution in [0.3, 0.4) is 0 Å². The minimum absolute atomic E-state index is 0.141. The molecule has 1 aromatic rings. The van der Waals surface area contributed by atoms with E-state index < -0.39 is 0 Å². The van der Waals surface area contributed by atoms with Gasteiger partial charge in [0.25, 0.3) is 0 Å². The zero-order chi connectivity index (χ0) is 15.2. The monoisotopic (exact) mass is 303 g/mol. The molecule has 0 saturated carbocycles. The molecular weight excluding hydrogens is 278 g/mol. The smallest absolute Gasteiger partial charge is 0.223 e. The minimum atomic E-state index is 0.141. The molecule has 1 amide bonds. The van der Waals surface area contributed by atoms with Crippen LogP contribution in [0, 0.1) is 5.92 Å². The molecular formula is C17H25N3O2. The van der Waals surface area contributed by atoms with Gasteiger partial charge in [-0.05, 0) is 43.9 Å². The van der Waals surface area contributed by atoms with Gasteiger partial charge in [-0.25, -0.2) is 0 Å². The molecule has 0 spiro atoms. The van der Waals surface area contributed by atoms with Crippen LogP contribution in [0.2, 0.25) is 0 Å². The zero-order valence-corrected chi connectivity index (χ0v) is 13.0. The van der Waals surface area contributed by atoms with Crippen molar-refractivity contribution < 1.29 is 9.53 Å². The first kappa shape index (κ1) is 15.4. The van der Waals surface area contributed by atoms with Crippen molar-refractivity contribution in [3.63, 3.8) is 0 Å². The number of likely N-dealkylation sites (tertiary alicyclic amines) is 1.